The fourth-order valence-electron chi connectivity index (χ4n) is 4.07. The molecule has 166 valence electrons. The van der Waals surface area contributed by atoms with Crippen molar-refractivity contribution in [1.82, 2.24) is 9.97 Å². The molecular weight excluding hydrogens is 408 g/mol. The Balaban J connectivity index is 1.67. The number of piperidine rings is 1. The molecule has 4 N–H and O–H groups in total. The summed E-state index contributed by atoms with van der Waals surface area (Å²) in [5.41, 5.74) is 7.09. The lowest BCUT2D eigenvalue weighted by atomic mass is 9.92. The lowest BCUT2D eigenvalue weighted by Gasteiger charge is -2.35. The van der Waals surface area contributed by atoms with Crippen LogP contribution >= 0.6 is 0 Å². The number of nitrogens with two attached hydrogens (primary N) is 1. The number of aliphatic hydroxyl groups is 1. The molecule has 32 heavy (non-hydrogen) atoms. The number of nitrogens with one attached hydrogen (secondary N) is 1. The fraction of sp³-hybridized carbons (Fsp3) is 0.391. The second-order valence-electron chi connectivity index (χ2n) is 8.44. The van der Waals surface area contributed by atoms with Gasteiger partial charge < -0.3 is 25.8 Å². The Kier molecular flexibility index (Phi) is 5.97. The summed E-state index contributed by atoms with van der Waals surface area (Å²) in [7, 11) is 0. The first-order valence-corrected chi connectivity index (χ1v) is 10.6. The molecule has 9 heteroatoms. The standard InChI is InChI=1S/C23H26N6O3/c1-23(31)11-16-9-18(28-22(30)17(13-25)21-26-5-2-6-27-21)19(10-20(16)32-14-23)29-7-3-15(12-24)4-8-29/h2,5-6,9-10,13,15,31H,3-4,7-8,11,14,25H2,1H3,(H,28,30)/b17-13+/t23-/m1/s1. The minimum absolute atomic E-state index is 0.0373. The predicted octanol–water partition coefficient (Wildman–Crippen LogP) is 1.84. The number of nitriles is 1. The summed E-state index contributed by atoms with van der Waals surface area (Å²) in [6.07, 6.45) is 6.19. The van der Waals surface area contributed by atoms with Crippen molar-refractivity contribution in [2.75, 3.05) is 29.9 Å². The SMILES string of the molecule is C[C@]1(O)COc2cc(N3CCC(C#N)CC3)c(NC(=O)/C(=C/N)c3ncccn3)cc2C1. The maximum Gasteiger partial charge on any atom is 0.261 e. The summed E-state index contributed by atoms with van der Waals surface area (Å²) in [6.45, 7) is 3.31. The molecule has 2 aromatic rings. The first kappa shape index (κ1) is 21.6. The van der Waals surface area contributed by atoms with E-state index in [0.29, 0.717) is 30.9 Å². The van der Waals surface area contributed by atoms with Gasteiger partial charge in [0, 0.05) is 50.1 Å². The van der Waals surface area contributed by atoms with Gasteiger partial charge in [-0.1, -0.05) is 0 Å². The van der Waals surface area contributed by atoms with Crippen LogP contribution < -0.4 is 20.7 Å². The van der Waals surface area contributed by atoms with E-state index >= 15 is 0 Å². The molecule has 9 nitrogen and oxygen atoms in total. The Bertz CT molecular complexity index is 1070. The smallest absolute Gasteiger partial charge is 0.261 e. The summed E-state index contributed by atoms with van der Waals surface area (Å²) in [6, 6.07) is 7.74. The van der Waals surface area contributed by atoms with E-state index < -0.39 is 11.5 Å². The van der Waals surface area contributed by atoms with E-state index in [1.165, 1.54) is 6.20 Å². The molecule has 1 amide bonds. The summed E-state index contributed by atoms with van der Waals surface area (Å²) in [5, 5.41) is 22.6. The highest BCUT2D eigenvalue weighted by Crippen LogP contribution is 2.39. The van der Waals surface area contributed by atoms with Gasteiger partial charge >= 0.3 is 0 Å². The molecule has 4 rings (SSSR count). The lowest BCUT2D eigenvalue weighted by molar-refractivity contribution is -0.111. The molecule has 1 aromatic heterocycles. The van der Waals surface area contributed by atoms with Gasteiger partial charge in [-0.25, -0.2) is 9.97 Å². The largest absolute Gasteiger partial charge is 0.490 e. The maximum absolute atomic E-state index is 13.1. The van der Waals surface area contributed by atoms with Crippen LogP contribution in [0.1, 0.15) is 31.2 Å². The van der Waals surface area contributed by atoms with E-state index in [1.54, 1.807) is 25.4 Å². The highest BCUT2D eigenvalue weighted by molar-refractivity contribution is 6.24. The number of carbonyl (C=O) groups excluding carboxylic acids is 1. The molecule has 1 aromatic carbocycles. The average molecular weight is 435 g/mol. The fourth-order valence-corrected chi connectivity index (χ4v) is 4.07. The number of hydrogen-bond acceptors (Lipinski definition) is 8. The molecule has 0 saturated carbocycles. The molecule has 0 spiro atoms. The highest BCUT2D eigenvalue weighted by Gasteiger charge is 2.31. The zero-order chi connectivity index (χ0) is 22.7. The monoisotopic (exact) mass is 434 g/mol. The molecule has 0 unspecified atom stereocenters. The summed E-state index contributed by atoms with van der Waals surface area (Å²) in [4.78, 5) is 23.5. The minimum Gasteiger partial charge on any atom is -0.490 e. The van der Waals surface area contributed by atoms with Gasteiger partial charge in [0.1, 0.15) is 12.4 Å². The highest BCUT2D eigenvalue weighted by atomic mass is 16.5. The Morgan fingerprint density at radius 1 is 1.38 bits per heavy atom. The van der Waals surface area contributed by atoms with E-state index in [2.05, 4.69) is 26.3 Å². The van der Waals surface area contributed by atoms with Crippen molar-refractivity contribution < 1.29 is 14.6 Å². The topological polar surface area (TPSA) is 137 Å². The minimum atomic E-state index is -0.985. The summed E-state index contributed by atoms with van der Waals surface area (Å²) >= 11 is 0. The van der Waals surface area contributed by atoms with Crippen molar-refractivity contribution >= 4 is 22.9 Å². The van der Waals surface area contributed by atoms with Crippen LogP contribution in [-0.2, 0) is 11.2 Å². The maximum atomic E-state index is 13.1. The second kappa shape index (κ2) is 8.85. The van der Waals surface area contributed by atoms with E-state index in [4.69, 9.17) is 10.5 Å². The van der Waals surface area contributed by atoms with Crippen LogP contribution in [0.25, 0.3) is 5.57 Å². The van der Waals surface area contributed by atoms with Crippen molar-refractivity contribution in [3.63, 3.8) is 0 Å². The molecule has 0 bridgehead atoms. The number of amides is 1. The number of anilines is 2. The Morgan fingerprint density at radius 3 is 2.75 bits per heavy atom. The van der Waals surface area contributed by atoms with E-state index in [-0.39, 0.29) is 23.9 Å². The normalized spacial score (nSPS) is 21.3. The number of rotatable bonds is 4. The van der Waals surface area contributed by atoms with Gasteiger partial charge in [0.25, 0.3) is 5.91 Å². The molecule has 1 fully saturated rings. The van der Waals surface area contributed by atoms with Crippen LogP contribution in [0.2, 0.25) is 0 Å². The van der Waals surface area contributed by atoms with E-state index in [1.807, 2.05) is 12.1 Å². The van der Waals surface area contributed by atoms with Crippen LogP contribution in [0.5, 0.6) is 5.75 Å². The second-order valence-corrected chi connectivity index (χ2v) is 8.44. The summed E-state index contributed by atoms with van der Waals surface area (Å²) in [5.74, 6) is 0.520. The van der Waals surface area contributed by atoms with E-state index in [9.17, 15) is 15.2 Å². The Morgan fingerprint density at radius 2 is 2.09 bits per heavy atom. The Labute approximate surface area is 186 Å². The number of nitrogens with zero attached hydrogens (tertiary/aromatic N) is 4. The molecule has 1 saturated heterocycles. The van der Waals surface area contributed by atoms with Gasteiger partial charge in [-0.3, -0.25) is 4.79 Å². The van der Waals surface area contributed by atoms with Crippen LogP contribution in [0.15, 0.2) is 36.8 Å². The first-order valence-electron chi connectivity index (χ1n) is 10.6. The number of ether oxygens (including phenoxy) is 1. The number of aromatic nitrogens is 2. The van der Waals surface area contributed by atoms with Crippen LogP contribution in [0.4, 0.5) is 11.4 Å². The van der Waals surface area contributed by atoms with Gasteiger partial charge in [-0.2, -0.15) is 5.26 Å². The summed E-state index contributed by atoms with van der Waals surface area (Å²) < 4.78 is 5.82. The van der Waals surface area contributed by atoms with Gasteiger partial charge in [0.05, 0.1) is 28.6 Å². The van der Waals surface area contributed by atoms with E-state index in [0.717, 1.165) is 24.1 Å². The average Bonchev–Trinajstić information content (AvgIpc) is 2.79. The Hall–Kier alpha value is -3.64. The predicted molar refractivity (Wildman–Crippen MR) is 120 cm³/mol. The molecule has 2 aliphatic rings. The van der Waals surface area contributed by atoms with Gasteiger partial charge in [0.2, 0.25) is 0 Å². The number of benzene rings is 1. The number of carbonyl (C=O) groups is 1. The molecular formula is C23H26N6O3. The van der Waals surface area contributed by atoms with Gasteiger partial charge in [0.15, 0.2) is 5.82 Å². The molecule has 3 heterocycles. The number of hydrogen-bond donors (Lipinski definition) is 3. The molecule has 0 radical (unpaired) electrons. The lowest BCUT2D eigenvalue weighted by Crippen LogP contribution is -2.39. The van der Waals surface area contributed by atoms with Crippen molar-refractivity contribution in [2.45, 2.75) is 31.8 Å². The van der Waals surface area contributed by atoms with Crippen LogP contribution in [-0.4, -0.2) is 46.3 Å². The molecule has 1 atom stereocenters. The quantitative estimate of drug-likeness (QED) is 0.620. The van der Waals surface area contributed by atoms with Crippen LogP contribution in [0, 0.1) is 17.2 Å². The van der Waals surface area contributed by atoms with Crippen molar-refractivity contribution in [2.24, 2.45) is 11.7 Å². The molecule has 0 aliphatic carbocycles. The first-order chi connectivity index (χ1) is 15.4. The third kappa shape index (κ3) is 4.50. The van der Waals surface area contributed by atoms with Crippen molar-refractivity contribution in [3.05, 3.63) is 48.2 Å². The van der Waals surface area contributed by atoms with Crippen LogP contribution in [0.3, 0.4) is 0 Å². The van der Waals surface area contributed by atoms with Crippen molar-refractivity contribution in [3.8, 4) is 11.8 Å². The van der Waals surface area contributed by atoms with Gasteiger partial charge in [-0.05, 0) is 37.5 Å². The molecule has 2 aliphatic heterocycles. The third-order valence-electron chi connectivity index (χ3n) is 5.77. The van der Waals surface area contributed by atoms with Gasteiger partial charge in [-0.15, -0.1) is 0 Å². The van der Waals surface area contributed by atoms with Crippen molar-refractivity contribution in [1.29, 1.82) is 5.26 Å². The number of fused-ring (bicyclic) bond motifs is 1. The third-order valence-corrected chi connectivity index (χ3v) is 5.77. The zero-order valence-electron chi connectivity index (χ0n) is 17.9. The zero-order valence-corrected chi connectivity index (χ0v) is 17.9.